The van der Waals surface area contributed by atoms with Crippen LogP contribution in [0.3, 0.4) is 0 Å². The second kappa shape index (κ2) is 6.73. The molecule has 1 unspecified atom stereocenters. The lowest BCUT2D eigenvalue weighted by molar-refractivity contribution is -0.159. The number of rotatable bonds is 6. The number of hydrogen-bond acceptors (Lipinski definition) is 4. The van der Waals surface area contributed by atoms with E-state index in [1.807, 2.05) is 6.92 Å². The predicted octanol–water partition coefficient (Wildman–Crippen LogP) is 2.32. The molecule has 0 radical (unpaired) electrons. The SMILES string of the molecule is CCOC(=O)C(F)Oc1cccc(OCC)c1. The minimum atomic E-state index is -2.12. The summed E-state index contributed by atoms with van der Waals surface area (Å²) in [5.74, 6) is -0.258. The van der Waals surface area contributed by atoms with E-state index in [2.05, 4.69) is 4.74 Å². The van der Waals surface area contributed by atoms with Crippen LogP contribution >= 0.6 is 0 Å². The number of hydrogen-bond donors (Lipinski definition) is 0. The maximum atomic E-state index is 13.2. The van der Waals surface area contributed by atoms with Crippen LogP contribution in [-0.2, 0) is 9.53 Å². The average molecular weight is 242 g/mol. The highest BCUT2D eigenvalue weighted by Gasteiger charge is 2.20. The monoisotopic (exact) mass is 242 g/mol. The second-order valence-electron chi connectivity index (χ2n) is 3.09. The van der Waals surface area contributed by atoms with Crippen LogP contribution in [0.1, 0.15) is 13.8 Å². The highest BCUT2D eigenvalue weighted by molar-refractivity contribution is 5.73. The summed E-state index contributed by atoms with van der Waals surface area (Å²) in [6.45, 7) is 4.05. The minimum absolute atomic E-state index is 0.113. The fourth-order valence-electron chi connectivity index (χ4n) is 1.18. The summed E-state index contributed by atoms with van der Waals surface area (Å²) in [5, 5.41) is 0. The third-order valence-corrected chi connectivity index (χ3v) is 1.83. The van der Waals surface area contributed by atoms with Crippen molar-refractivity contribution in [3.05, 3.63) is 24.3 Å². The standard InChI is InChI=1S/C12H15FO4/c1-3-15-9-6-5-7-10(8-9)17-11(13)12(14)16-4-2/h5-8,11H,3-4H2,1-2H3. The molecule has 0 fully saturated rings. The van der Waals surface area contributed by atoms with E-state index in [1.54, 1.807) is 19.1 Å². The molecule has 0 amide bonds. The Bertz CT molecular complexity index is 367. The van der Waals surface area contributed by atoms with Gasteiger partial charge in [-0.15, -0.1) is 0 Å². The minimum Gasteiger partial charge on any atom is -0.494 e. The maximum absolute atomic E-state index is 13.2. The molecule has 0 aliphatic carbocycles. The molecule has 5 heteroatoms. The van der Waals surface area contributed by atoms with Crippen LogP contribution in [0.15, 0.2) is 24.3 Å². The zero-order chi connectivity index (χ0) is 12.7. The van der Waals surface area contributed by atoms with E-state index in [9.17, 15) is 9.18 Å². The highest BCUT2D eigenvalue weighted by Crippen LogP contribution is 2.20. The molecule has 0 aromatic heterocycles. The number of carbonyl (C=O) groups is 1. The van der Waals surface area contributed by atoms with Gasteiger partial charge in [-0.1, -0.05) is 6.07 Å². The zero-order valence-electron chi connectivity index (χ0n) is 9.81. The van der Waals surface area contributed by atoms with Crippen molar-refractivity contribution in [3.63, 3.8) is 0 Å². The molecule has 1 atom stereocenters. The van der Waals surface area contributed by atoms with E-state index in [4.69, 9.17) is 9.47 Å². The number of esters is 1. The summed E-state index contributed by atoms with van der Waals surface area (Å²) in [7, 11) is 0. The van der Waals surface area contributed by atoms with Crippen molar-refractivity contribution in [2.45, 2.75) is 20.2 Å². The first-order valence-electron chi connectivity index (χ1n) is 5.37. The van der Waals surface area contributed by atoms with E-state index >= 15 is 0 Å². The fraction of sp³-hybridized carbons (Fsp3) is 0.417. The van der Waals surface area contributed by atoms with Crippen LogP contribution in [0.4, 0.5) is 4.39 Å². The van der Waals surface area contributed by atoms with Crippen molar-refractivity contribution in [1.29, 1.82) is 0 Å². The van der Waals surface area contributed by atoms with Crippen LogP contribution in [0.2, 0.25) is 0 Å². The molecule has 1 aromatic carbocycles. The first kappa shape index (κ1) is 13.3. The number of alkyl halides is 1. The van der Waals surface area contributed by atoms with Crippen molar-refractivity contribution < 1.29 is 23.4 Å². The summed E-state index contributed by atoms with van der Waals surface area (Å²) < 4.78 is 27.7. The Labute approximate surface area is 99.3 Å². The topological polar surface area (TPSA) is 44.8 Å². The summed E-state index contributed by atoms with van der Waals surface area (Å²) >= 11 is 0. The summed E-state index contributed by atoms with van der Waals surface area (Å²) in [4.78, 5) is 11.0. The fourth-order valence-corrected chi connectivity index (χ4v) is 1.18. The van der Waals surface area contributed by atoms with Crippen LogP contribution in [-0.4, -0.2) is 25.5 Å². The van der Waals surface area contributed by atoms with Crippen LogP contribution < -0.4 is 9.47 Å². The summed E-state index contributed by atoms with van der Waals surface area (Å²) in [6, 6.07) is 6.41. The van der Waals surface area contributed by atoms with E-state index < -0.39 is 12.3 Å². The van der Waals surface area contributed by atoms with Gasteiger partial charge in [-0.25, -0.2) is 4.79 Å². The lowest BCUT2D eigenvalue weighted by Gasteiger charge is -2.11. The van der Waals surface area contributed by atoms with Gasteiger partial charge in [0, 0.05) is 6.07 Å². The lowest BCUT2D eigenvalue weighted by atomic mass is 10.3. The summed E-state index contributed by atoms with van der Waals surface area (Å²) in [6.07, 6.45) is -2.12. The molecular weight excluding hydrogens is 227 g/mol. The number of carbonyl (C=O) groups excluding carboxylic acids is 1. The Morgan fingerprint density at radius 2 is 2.00 bits per heavy atom. The van der Waals surface area contributed by atoms with Crippen molar-refractivity contribution >= 4 is 5.97 Å². The number of benzene rings is 1. The molecule has 17 heavy (non-hydrogen) atoms. The Hall–Kier alpha value is -1.78. The molecule has 0 heterocycles. The molecule has 1 aromatic rings. The largest absolute Gasteiger partial charge is 0.494 e. The van der Waals surface area contributed by atoms with Crippen LogP contribution in [0.5, 0.6) is 11.5 Å². The Balaban J connectivity index is 2.61. The molecule has 0 saturated carbocycles. The van der Waals surface area contributed by atoms with Crippen molar-refractivity contribution in [1.82, 2.24) is 0 Å². The van der Waals surface area contributed by atoms with Gasteiger partial charge >= 0.3 is 12.3 Å². The Morgan fingerprint density at radius 1 is 1.29 bits per heavy atom. The molecule has 0 spiro atoms. The van der Waals surface area contributed by atoms with E-state index in [-0.39, 0.29) is 12.4 Å². The van der Waals surface area contributed by atoms with Gasteiger partial charge in [0.05, 0.1) is 13.2 Å². The predicted molar refractivity (Wildman–Crippen MR) is 59.8 cm³/mol. The molecular formula is C12H15FO4. The maximum Gasteiger partial charge on any atom is 0.381 e. The molecule has 0 aliphatic rings. The van der Waals surface area contributed by atoms with Gasteiger partial charge in [-0.3, -0.25) is 0 Å². The van der Waals surface area contributed by atoms with Gasteiger partial charge in [0.1, 0.15) is 11.5 Å². The van der Waals surface area contributed by atoms with Gasteiger partial charge < -0.3 is 14.2 Å². The van der Waals surface area contributed by atoms with Crippen LogP contribution in [0, 0.1) is 0 Å². The third kappa shape index (κ3) is 4.30. The van der Waals surface area contributed by atoms with Gasteiger partial charge in [-0.2, -0.15) is 4.39 Å². The summed E-state index contributed by atoms with van der Waals surface area (Å²) in [5.41, 5.74) is 0. The van der Waals surface area contributed by atoms with Crippen molar-refractivity contribution in [3.8, 4) is 11.5 Å². The first-order valence-corrected chi connectivity index (χ1v) is 5.37. The van der Waals surface area contributed by atoms with Gasteiger partial charge in [-0.05, 0) is 26.0 Å². The van der Waals surface area contributed by atoms with Crippen molar-refractivity contribution in [2.75, 3.05) is 13.2 Å². The van der Waals surface area contributed by atoms with Crippen molar-refractivity contribution in [2.24, 2.45) is 0 Å². The smallest absolute Gasteiger partial charge is 0.381 e. The molecule has 4 nitrogen and oxygen atoms in total. The first-order chi connectivity index (χ1) is 8.17. The Kier molecular flexibility index (Phi) is 5.26. The van der Waals surface area contributed by atoms with E-state index in [0.717, 1.165) is 0 Å². The normalized spacial score (nSPS) is 11.7. The highest BCUT2D eigenvalue weighted by atomic mass is 19.1. The average Bonchev–Trinajstić information content (AvgIpc) is 2.30. The molecule has 94 valence electrons. The molecule has 0 saturated heterocycles. The van der Waals surface area contributed by atoms with Crippen LogP contribution in [0.25, 0.3) is 0 Å². The lowest BCUT2D eigenvalue weighted by Crippen LogP contribution is -2.24. The third-order valence-electron chi connectivity index (χ3n) is 1.83. The molecule has 0 aliphatic heterocycles. The van der Waals surface area contributed by atoms with Gasteiger partial charge in [0.25, 0.3) is 0 Å². The second-order valence-corrected chi connectivity index (χ2v) is 3.09. The quantitative estimate of drug-likeness (QED) is 0.718. The Morgan fingerprint density at radius 3 is 2.65 bits per heavy atom. The zero-order valence-corrected chi connectivity index (χ0v) is 9.81. The molecule has 1 rings (SSSR count). The van der Waals surface area contributed by atoms with Gasteiger partial charge in [0.2, 0.25) is 0 Å². The van der Waals surface area contributed by atoms with E-state index in [0.29, 0.717) is 12.4 Å². The van der Waals surface area contributed by atoms with E-state index in [1.165, 1.54) is 12.1 Å². The number of halogens is 1. The number of ether oxygens (including phenoxy) is 3. The molecule has 0 bridgehead atoms. The molecule has 0 N–H and O–H groups in total. The van der Waals surface area contributed by atoms with Gasteiger partial charge in [0.15, 0.2) is 0 Å².